The Bertz CT molecular complexity index is 826. The lowest BCUT2D eigenvalue weighted by atomic mass is 10.4. The van der Waals surface area contributed by atoms with Gasteiger partial charge in [0, 0.05) is 52.5 Å². The van der Waals surface area contributed by atoms with Crippen LogP contribution in [0, 0.1) is 6.92 Å². The quantitative estimate of drug-likeness (QED) is 0.634. The summed E-state index contributed by atoms with van der Waals surface area (Å²) in [6, 6.07) is 0. The first kappa shape index (κ1) is 19.7. The van der Waals surface area contributed by atoms with E-state index in [9.17, 15) is 16.8 Å². The number of sulfonamides is 1. The van der Waals surface area contributed by atoms with Gasteiger partial charge >= 0.3 is 0 Å². The first-order valence-corrected chi connectivity index (χ1v) is 11.4. The molecular weight excluding hydrogens is 382 g/mol. The summed E-state index contributed by atoms with van der Waals surface area (Å²) in [5.74, 6) is 0.606. The third-order valence-corrected chi connectivity index (χ3v) is 8.53. The average Bonchev–Trinajstić information content (AvgIpc) is 2.83. The van der Waals surface area contributed by atoms with Gasteiger partial charge in [-0.1, -0.05) is 0 Å². The van der Waals surface area contributed by atoms with Crippen LogP contribution in [-0.4, -0.2) is 91.8 Å². The second kappa shape index (κ2) is 7.52. The first-order chi connectivity index (χ1) is 12.2. The topological polar surface area (TPSA) is 105 Å². The molecule has 3 rings (SSSR count). The highest BCUT2D eigenvalue weighted by Gasteiger charge is 2.35. The number of ether oxygens (including phenoxy) is 1. The molecule has 26 heavy (non-hydrogen) atoms. The van der Waals surface area contributed by atoms with Crippen LogP contribution in [0.2, 0.25) is 0 Å². The van der Waals surface area contributed by atoms with E-state index in [0.717, 1.165) is 0 Å². The smallest absolute Gasteiger partial charge is 0.282 e. The maximum atomic E-state index is 12.8. The lowest BCUT2D eigenvalue weighted by Crippen LogP contribution is -2.49. The fraction of sp³-hybridized carbons (Fsp3) is 0.786. The average molecular weight is 408 g/mol. The van der Waals surface area contributed by atoms with E-state index in [2.05, 4.69) is 4.98 Å². The van der Waals surface area contributed by atoms with E-state index in [1.54, 1.807) is 18.5 Å². The Balaban J connectivity index is 1.73. The van der Waals surface area contributed by atoms with Crippen LogP contribution >= 0.6 is 0 Å². The molecule has 2 saturated heterocycles. The second-order valence-electron chi connectivity index (χ2n) is 6.41. The van der Waals surface area contributed by atoms with Gasteiger partial charge in [-0.15, -0.1) is 0 Å². The van der Waals surface area contributed by atoms with Gasteiger partial charge in [0.2, 0.25) is 0 Å². The molecule has 148 valence electrons. The highest BCUT2D eigenvalue weighted by Crippen LogP contribution is 2.19. The summed E-state index contributed by atoms with van der Waals surface area (Å²) in [6.07, 6.45) is 1.92. The van der Waals surface area contributed by atoms with Gasteiger partial charge < -0.3 is 9.30 Å². The lowest BCUT2D eigenvalue weighted by Gasteiger charge is -2.31. The number of hydrogen-bond acceptors (Lipinski definition) is 6. The molecule has 0 amide bonds. The van der Waals surface area contributed by atoms with Crippen molar-refractivity contribution < 1.29 is 21.6 Å². The third kappa shape index (κ3) is 3.80. The first-order valence-electron chi connectivity index (χ1n) is 8.56. The van der Waals surface area contributed by atoms with Crippen LogP contribution in [0.5, 0.6) is 0 Å². The minimum Gasteiger partial charge on any atom is -0.379 e. The minimum absolute atomic E-state index is 0.00184. The zero-order valence-corrected chi connectivity index (χ0v) is 16.7. The molecule has 1 aromatic rings. The van der Waals surface area contributed by atoms with Crippen molar-refractivity contribution in [3.05, 3.63) is 12.0 Å². The summed E-state index contributed by atoms with van der Waals surface area (Å²) < 4.78 is 62.2. The van der Waals surface area contributed by atoms with E-state index in [1.165, 1.54) is 19.1 Å². The Morgan fingerprint density at radius 1 is 0.923 bits per heavy atom. The summed E-state index contributed by atoms with van der Waals surface area (Å²) in [4.78, 5) is 4.11. The summed E-state index contributed by atoms with van der Waals surface area (Å²) in [6.45, 7) is 3.96. The molecule has 0 aliphatic carbocycles. The SMILES string of the molecule is Cc1nc(S(=O)(=O)N2CCCN(S(=O)(=O)N3CCOCC3)CC2)cn1C. The van der Waals surface area contributed by atoms with Gasteiger partial charge in [-0.05, 0) is 13.3 Å². The molecule has 1 aromatic heterocycles. The van der Waals surface area contributed by atoms with E-state index >= 15 is 0 Å². The van der Waals surface area contributed by atoms with E-state index < -0.39 is 20.2 Å². The number of aromatic nitrogens is 2. The van der Waals surface area contributed by atoms with Crippen molar-refractivity contribution in [3.63, 3.8) is 0 Å². The van der Waals surface area contributed by atoms with Gasteiger partial charge in [0.1, 0.15) is 5.82 Å². The largest absolute Gasteiger partial charge is 0.379 e. The van der Waals surface area contributed by atoms with Crippen LogP contribution in [-0.2, 0) is 32.0 Å². The van der Waals surface area contributed by atoms with Gasteiger partial charge in [-0.3, -0.25) is 0 Å². The molecule has 10 nitrogen and oxygen atoms in total. The maximum absolute atomic E-state index is 12.8. The number of rotatable bonds is 4. The summed E-state index contributed by atoms with van der Waals surface area (Å²) >= 11 is 0. The number of nitrogens with zero attached hydrogens (tertiary/aromatic N) is 5. The van der Waals surface area contributed by atoms with E-state index in [1.807, 2.05) is 0 Å². The molecule has 0 radical (unpaired) electrons. The summed E-state index contributed by atoms with van der Waals surface area (Å²) in [5.41, 5.74) is 0. The molecule has 3 heterocycles. The van der Waals surface area contributed by atoms with E-state index in [-0.39, 0.29) is 24.7 Å². The predicted octanol–water partition coefficient (Wildman–Crippen LogP) is -0.998. The number of morpholine rings is 1. The molecule has 0 bridgehead atoms. The van der Waals surface area contributed by atoms with Crippen molar-refractivity contribution in [2.45, 2.75) is 18.4 Å². The lowest BCUT2D eigenvalue weighted by molar-refractivity contribution is 0.0702. The van der Waals surface area contributed by atoms with Crippen LogP contribution in [0.15, 0.2) is 11.2 Å². The van der Waals surface area contributed by atoms with Crippen LogP contribution in [0.4, 0.5) is 0 Å². The maximum Gasteiger partial charge on any atom is 0.282 e. The van der Waals surface area contributed by atoms with Gasteiger partial charge in [0.25, 0.3) is 20.2 Å². The van der Waals surface area contributed by atoms with Crippen LogP contribution in [0.25, 0.3) is 0 Å². The van der Waals surface area contributed by atoms with Gasteiger partial charge in [-0.2, -0.15) is 21.3 Å². The highest BCUT2D eigenvalue weighted by atomic mass is 32.2. The molecule has 2 aliphatic heterocycles. The monoisotopic (exact) mass is 407 g/mol. The predicted molar refractivity (Wildman–Crippen MR) is 94.2 cm³/mol. The van der Waals surface area contributed by atoms with Gasteiger partial charge in [-0.25, -0.2) is 13.4 Å². The molecule has 0 aromatic carbocycles. The summed E-state index contributed by atoms with van der Waals surface area (Å²) in [5, 5.41) is 0.00184. The normalized spacial score (nSPS) is 22.4. The molecule has 2 fully saturated rings. The Labute approximate surface area is 154 Å². The molecule has 2 aliphatic rings. The molecule has 12 heteroatoms. The highest BCUT2D eigenvalue weighted by molar-refractivity contribution is 7.89. The molecular formula is C14H25N5O5S2. The standard InChI is InChI=1S/C14H25N5O5S2/c1-13-15-14(12-16(13)2)25(20,21)17-4-3-5-18(7-6-17)26(22,23)19-8-10-24-11-9-19/h12H,3-11H2,1-2H3. The number of hydrogen-bond donors (Lipinski definition) is 0. The molecule has 0 unspecified atom stereocenters. The Morgan fingerprint density at radius 3 is 2.12 bits per heavy atom. The molecule has 0 saturated carbocycles. The van der Waals surface area contributed by atoms with Crippen molar-refractivity contribution in [2.24, 2.45) is 7.05 Å². The van der Waals surface area contributed by atoms with Gasteiger partial charge in [0.15, 0.2) is 5.03 Å². The van der Waals surface area contributed by atoms with Crippen molar-refractivity contribution in [1.82, 2.24) is 22.5 Å². The fourth-order valence-corrected chi connectivity index (χ4v) is 6.17. The number of imidazole rings is 1. The Hall–Kier alpha value is -1.05. The van der Waals surface area contributed by atoms with Crippen LogP contribution in [0.3, 0.4) is 0 Å². The third-order valence-electron chi connectivity index (χ3n) is 4.73. The van der Waals surface area contributed by atoms with Crippen LogP contribution < -0.4 is 0 Å². The number of aryl methyl sites for hydroxylation is 2. The zero-order valence-electron chi connectivity index (χ0n) is 15.0. The molecule has 0 atom stereocenters. The van der Waals surface area contributed by atoms with Crippen molar-refractivity contribution in [1.29, 1.82) is 0 Å². The van der Waals surface area contributed by atoms with Crippen molar-refractivity contribution >= 4 is 20.2 Å². The van der Waals surface area contributed by atoms with E-state index in [0.29, 0.717) is 45.1 Å². The van der Waals surface area contributed by atoms with E-state index in [4.69, 9.17) is 4.74 Å². The zero-order chi connectivity index (χ0) is 18.9. The second-order valence-corrected chi connectivity index (χ2v) is 10.2. The fourth-order valence-electron chi connectivity index (χ4n) is 3.06. The van der Waals surface area contributed by atoms with Crippen LogP contribution in [0.1, 0.15) is 12.2 Å². The summed E-state index contributed by atoms with van der Waals surface area (Å²) in [7, 11) is -5.60. The molecule has 0 spiro atoms. The van der Waals surface area contributed by atoms with Gasteiger partial charge in [0.05, 0.1) is 13.2 Å². The minimum atomic E-state index is -3.73. The molecule has 0 N–H and O–H groups in total. The van der Waals surface area contributed by atoms with Crippen molar-refractivity contribution in [2.75, 3.05) is 52.5 Å². The Morgan fingerprint density at radius 2 is 1.50 bits per heavy atom. The Kier molecular flexibility index (Phi) is 5.70. The van der Waals surface area contributed by atoms with Crippen molar-refractivity contribution in [3.8, 4) is 0 Å².